The lowest BCUT2D eigenvalue weighted by atomic mass is 9.74. The first-order valence-electron chi connectivity index (χ1n) is 5.20. The molecular formula is C10H20N2. The van der Waals surface area contributed by atoms with Crippen molar-refractivity contribution in [3.8, 4) is 0 Å². The smallest absolute Gasteiger partial charge is 0.00471 e. The lowest BCUT2D eigenvalue weighted by Gasteiger charge is -2.44. The second-order valence-corrected chi connectivity index (χ2v) is 4.62. The Morgan fingerprint density at radius 3 is 2.75 bits per heavy atom. The number of rotatable bonds is 0. The molecule has 0 radical (unpaired) electrons. The molecule has 2 rings (SSSR count). The number of likely N-dealkylation sites (tertiary alicyclic amines) is 1. The van der Waals surface area contributed by atoms with Gasteiger partial charge in [0.15, 0.2) is 0 Å². The molecule has 0 unspecified atom stereocenters. The minimum atomic E-state index is 0.644. The Balaban J connectivity index is 1.97. The fourth-order valence-electron chi connectivity index (χ4n) is 2.83. The number of hydrogen-bond donors (Lipinski definition) is 1. The number of nitrogens with zero attached hydrogens (tertiary/aromatic N) is 1. The zero-order valence-electron chi connectivity index (χ0n) is 8.10. The second kappa shape index (κ2) is 3.35. The Morgan fingerprint density at radius 1 is 1.25 bits per heavy atom. The van der Waals surface area contributed by atoms with Crippen LogP contribution < -0.4 is 5.32 Å². The molecule has 2 nitrogen and oxygen atoms in total. The first-order valence-corrected chi connectivity index (χ1v) is 5.20. The molecule has 1 atom stereocenters. The van der Waals surface area contributed by atoms with Gasteiger partial charge in [-0.05, 0) is 51.2 Å². The zero-order chi connectivity index (χ0) is 8.44. The molecule has 2 aliphatic rings. The van der Waals surface area contributed by atoms with E-state index in [1.54, 1.807) is 0 Å². The summed E-state index contributed by atoms with van der Waals surface area (Å²) in [6.07, 6.45) is 5.68. The molecule has 2 fully saturated rings. The van der Waals surface area contributed by atoms with Crippen LogP contribution in [0.3, 0.4) is 0 Å². The maximum Gasteiger partial charge on any atom is 0.00471 e. The maximum absolute atomic E-state index is 3.54. The molecule has 1 N–H and O–H groups in total. The summed E-state index contributed by atoms with van der Waals surface area (Å²) in [6.45, 7) is 5.13. The Bertz CT molecular complexity index is 144. The van der Waals surface area contributed by atoms with Gasteiger partial charge in [0.25, 0.3) is 0 Å². The van der Waals surface area contributed by atoms with Gasteiger partial charge in [-0.25, -0.2) is 0 Å². The van der Waals surface area contributed by atoms with Crippen LogP contribution in [0.5, 0.6) is 0 Å². The number of hydrogen-bond acceptors (Lipinski definition) is 2. The Morgan fingerprint density at radius 2 is 2.08 bits per heavy atom. The predicted molar refractivity (Wildman–Crippen MR) is 51.3 cm³/mol. The van der Waals surface area contributed by atoms with E-state index in [0.717, 1.165) is 0 Å². The monoisotopic (exact) mass is 168 g/mol. The molecule has 12 heavy (non-hydrogen) atoms. The minimum Gasteiger partial charge on any atom is -0.316 e. The van der Waals surface area contributed by atoms with Crippen LogP contribution in [0.2, 0.25) is 0 Å². The van der Waals surface area contributed by atoms with Crippen molar-refractivity contribution in [2.24, 2.45) is 5.41 Å². The SMILES string of the molecule is CN1CCC[C@@]2(CCCNC2)C1. The third kappa shape index (κ3) is 1.64. The van der Waals surface area contributed by atoms with Crippen LogP contribution in [0.1, 0.15) is 25.7 Å². The molecule has 70 valence electrons. The largest absolute Gasteiger partial charge is 0.316 e. The summed E-state index contributed by atoms with van der Waals surface area (Å²) in [6, 6.07) is 0. The Hall–Kier alpha value is -0.0800. The Labute approximate surface area is 75.3 Å². The van der Waals surface area contributed by atoms with Crippen LogP contribution in [0.25, 0.3) is 0 Å². The lowest BCUT2D eigenvalue weighted by Crippen LogP contribution is -2.49. The van der Waals surface area contributed by atoms with Crippen LogP contribution in [0.4, 0.5) is 0 Å². The highest BCUT2D eigenvalue weighted by Crippen LogP contribution is 2.35. The van der Waals surface area contributed by atoms with Gasteiger partial charge in [0, 0.05) is 13.1 Å². The van der Waals surface area contributed by atoms with Crippen LogP contribution >= 0.6 is 0 Å². The van der Waals surface area contributed by atoms with Crippen molar-refractivity contribution in [1.29, 1.82) is 0 Å². The highest BCUT2D eigenvalue weighted by atomic mass is 15.1. The van der Waals surface area contributed by atoms with E-state index >= 15 is 0 Å². The first kappa shape index (κ1) is 8.52. The fraction of sp³-hybridized carbons (Fsp3) is 1.00. The van der Waals surface area contributed by atoms with Crippen molar-refractivity contribution in [1.82, 2.24) is 10.2 Å². The van der Waals surface area contributed by atoms with E-state index in [2.05, 4.69) is 17.3 Å². The Kier molecular flexibility index (Phi) is 2.37. The minimum absolute atomic E-state index is 0.644. The van der Waals surface area contributed by atoms with Crippen molar-refractivity contribution in [2.45, 2.75) is 25.7 Å². The lowest BCUT2D eigenvalue weighted by molar-refractivity contribution is 0.0810. The molecule has 0 saturated carbocycles. The molecule has 0 aliphatic carbocycles. The molecule has 2 saturated heterocycles. The number of piperidine rings is 2. The fourth-order valence-corrected chi connectivity index (χ4v) is 2.83. The van der Waals surface area contributed by atoms with Gasteiger partial charge < -0.3 is 10.2 Å². The molecule has 1 spiro atoms. The van der Waals surface area contributed by atoms with Crippen LogP contribution in [-0.2, 0) is 0 Å². The van der Waals surface area contributed by atoms with Crippen molar-refractivity contribution in [3.63, 3.8) is 0 Å². The van der Waals surface area contributed by atoms with E-state index in [1.807, 2.05) is 0 Å². The van der Waals surface area contributed by atoms with Gasteiger partial charge in [0.2, 0.25) is 0 Å². The second-order valence-electron chi connectivity index (χ2n) is 4.62. The van der Waals surface area contributed by atoms with E-state index in [0.29, 0.717) is 5.41 Å². The third-order valence-electron chi connectivity index (χ3n) is 3.41. The summed E-state index contributed by atoms with van der Waals surface area (Å²) < 4.78 is 0. The van der Waals surface area contributed by atoms with Gasteiger partial charge in [-0.15, -0.1) is 0 Å². The van der Waals surface area contributed by atoms with Gasteiger partial charge in [0.1, 0.15) is 0 Å². The van der Waals surface area contributed by atoms with Crippen molar-refractivity contribution in [2.75, 3.05) is 33.2 Å². The molecule has 0 amide bonds. The molecule has 0 aromatic rings. The summed E-state index contributed by atoms with van der Waals surface area (Å²) in [5.74, 6) is 0. The molecule has 2 heteroatoms. The van der Waals surface area contributed by atoms with E-state index in [-0.39, 0.29) is 0 Å². The maximum atomic E-state index is 3.54. The summed E-state index contributed by atoms with van der Waals surface area (Å²) in [5.41, 5.74) is 0.644. The summed E-state index contributed by atoms with van der Waals surface area (Å²) in [5, 5.41) is 3.54. The highest BCUT2D eigenvalue weighted by molar-refractivity contribution is 4.90. The van der Waals surface area contributed by atoms with Gasteiger partial charge >= 0.3 is 0 Å². The summed E-state index contributed by atoms with van der Waals surface area (Å²) in [7, 11) is 2.26. The van der Waals surface area contributed by atoms with Crippen molar-refractivity contribution >= 4 is 0 Å². The normalized spacial score (nSPS) is 38.8. The predicted octanol–water partition coefficient (Wildman–Crippen LogP) is 1.08. The van der Waals surface area contributed by atoms with E-state index in [9.17, 15) is 0 Å². The standard InChI is InChI=1S/C10H20N2/c1-12-7-3-5-10(9-12)4-2-6-11-8-10/h11H,2-9H2,1H3/t10-/m1/s1. The molecule has 0 aromatic heterocycles. The van der Waals surface area contributed by atoms with Crippen molar-refractivity contribution in [3.05, 3.63) is 0 Å². The van der Waals surface area contributed by atoms with E-state index in [1.165, 1.54) is 51.9 Å². The van der Waals surface area contributed by atoms with Gasteiger partial charge in [-0.3, -0.25) is 0 Å². The van der Waals surface area contributed by atoms with Gasteiger partial charge in [-0.2, -0.15) is 0 Å². The zero-order valence-corrected chi connectivity index (χ0v) is 8.10. The van der Waals surface area contributed by atoms with Gasteiger partial charge in [-0.1, -0.05) is 0 Å². The average molecular weight is 168 g/mol. The molecule has 2 aliphatic heterocycles. The topological polar surface area (TPSA) is 15.3 Å². The van der Waals surface area contributed by atoms with Crippen LogP contribution in [0, 0.1) is 5.41 Å². The van der Waals surface area contributed by atoms with Crippen LogP contribution in [-0.4, -0.2) is 38.1 Å². The number of nitrogens with one attached hydrogen (secondary N) is 1. The summed E-state index contributed by atoms with van der Waals surface area (Å²) in [4.78, 5) is 2.50. The summed E-state index contributed by atoms with van der Waals surface area (Å²) >= 11 is 0. The first-order chi connectivity index (χ1) is 5.81. The van der Waals surface area contributed by atoms with Crippen LogP contribution in [0.15, 0.2) is 0 Å². The van der Waals surface area contributed by atoms with E-state index < -0.39 is 0 Å². The molecule has 2 heterocycles. The highest BCUT2D eigenvalue weighted by Gasteiger charge is 2.34. The van der Waals surface area contributed by atoms with E-state index in [4.69, 9.17) is 0 Å². The average Bonchev–Trinajstić information content (AvgIpc) is 2.05. The molecular weight excluding hydrogens is 148 g/mol. The molecule has 0 aromatic carbocycles. The third-order valence-corrected chi connectivity index (χ3v) is 3.41. The van der Waals surface area contributed by atoms with Crippen molar-refractivity contribution < 1.29 is 0 Å². The van der Waals surface area contributed by atoms with Gasteiger partial charge in [0.05, 0.1) is 0 Å². The molecule has 0 bridgehead atoms. The quantitative estimate of drug-likeness (QED) is 0.582.